The summed E-state index contributed by atoms with van der Waals surface area (Å²) in [5, 5.41) is 2.56. The lowest BCUT2D eigenvalue weighted by Crippen LogP contribution is -2.30. The summed E-state index contributed by atoms with van der Waals surface area (Å²) in [4.78, 5) is 24.1. The molecular weight excluding hydrogens is 321 g/mol. The maximum atomic E-state index is 13.0. The Morgan fingerprint density at radius 2 is 1.91 bits per heavy atom. The Bertz CT molecular complexity index is 748. The predicted molar refractivity (Wildman–Crippen MR) is 86.1 cm³/mol. The highest BCUT2D eigenvalue weighted by Gasteiger charge is 2.20. The highest BCUT2D eigenvalue weighted by molar-refractivity contribution is 6.33. The van der Waals surface area contributed by atoms with E-state index < -0.39 is 23.8 Å². The van der Waals surface area contributed by atoms with Gasteiger partial charge in [0, 0.05) is 0 Å². The maximum Gasteiger partial charge on any atom is 0.339 e. The number of nitrogens with one attached hydrogen (secondary N) is 1. The number of hydrogen-bond donors (Lipinski definition) is 1. The van der Waals surface area contributed by atoms with E-state index in [4.69, 9.17) is 16.3 Å². The number of rotatable bonds is 4. The van der Waals surface area contributed by atoms with Crippen molar-refractivity contribution in [2.24, 2.45) is 0 Å². The van der Waals surface area contributed by atoms with Crippen molar-refractivity contribution in [3.63, 3.8) is 0 Å². The number of amides is 1. The number of halogens is 2. The third kappa shape index (κ3) is 4.29. The molecule has 0 bridgehead atoms. The van der Waals surface area contributed by atoms with E-state index in [0.717, 1.165) is 11.6 Å². The van der Waals surface area contributed by atoms with Gasteiger partial charge in [0.15, 0.2) is 6.10 Å². The van der Waals surface area contributed by atoms with Crippen molar-refractivity contribution < 1.29 is 18.7 Å². The molecular formula is C17H15ClFNO3. The Hall–Kier alpha value is -2.40. The van der Waals surface area contributed by atoms with Crippen LogP contribution in [0, 0.1) is 12.7 Å². The molecule has 0 aromatic heterocycles. The standard InChI is InChI=1S/C17H15ClFNO3/c1-10-5-3-4-6-13(10)17(22)23-11(2)16(21)20-15-8-7-12(19)9-14(15)18/h3-9,11H,1-2H3,(H,20,21)/t11-/m0/s1. The zero-order valence-electron chi connectivity index (χ0n) is 12.6. The minimum Gasteiger partial charge on any atom is -0.449 e. The Morgan fingerprint density at radius 3 is 2.57 bits per heavy atom. The average molecular weight is 336 g/mol. The summed E-state index contributed by atoms with van der Waals surface area (Å²) in [6.07, 6.45) is -1.02. The minimum atomic E-state index is -1.02. The third-order valence-corrected chi connectivity index (χ3v) is 3.52. The molecule has 0 fully saturated rings. The number of esters is 1. The lowest BCUT2D eigenvalue weighted by molar-refractivity contribution is -0.123. The Balaban J connectivity index is 2.03. The summed E-state index contributed by atoms with van der Waals surface area (Å²) in [6.45, 7) is 3.22. The summed E-state index contributed by atoms with van der Waals surface area (Å²) in [5.74, 6) is -1.65. The monoisotopic (exact) mass is 335 g/mol. The topological polar surface area (TPSA) is 55.4 Å². The van der Waals surface area contributed by atoms with Crippen molar-refractivity contribution in [1.82, 2.24) is 0 Å². The van der Waals surface area contributed by atoms with Gasteiger partial charge in [-0.3, -0.25) is 4.79 Å². The largest absolute Gasteiger partial charge is 0.449 e. The molecule has 4 nitrogen and oxygen atoms in total. The van der Waals surface area contributed by atoms with Crippen molar-refractivity contribution in [1.29, 1.82) is 0 Å². The van der Waals surface area contributed by atoms with Gasteiger partial charge in [0.2, 0.25) is 0 Å². The first-order valence-electron chi connectivity index (χ1n) is 6.91. The number of ether oxygens (including phenoxy) is 1. The molecule has 0 saturated heterocycles. The summed E-state index contributed by atoms with van der Waals surface area (Å²) in [7, 11) is 0. The lowest BCUT2D eigenvalue weighted by Gasteiger charge is -2.15. The molecule has 2 rings (SSSR count). The average Bonchev–Trinajstić information content (AvgIpc) is 2.50. The molecule has 1 amide bonds. The first-order valence-corrected chi connectivity index (χ1v) is 7.29. The minimum absolute atomic E-state index is 0.0655. The summed E-state index contributed by atoms with van der Waals surface area (Å²) in [6, 6.07) is 10.5. The van der Waals surface area contributed by atoms with Crippen LogP contribution in [0.4, 0.5) is 10.1 Å². The molecule has 2 aromatic carbocycles. The second kappa shape index (κ2) is 7.24. The first kappa shape index (κ1) is 17.0. The summed E-state index contributed by atoms with van der Waals surface area (Å²) < 4.78 is 18.1. The van der Waals surface area contributed by atoms with Crippen LogP contribution in [-0.4, -0.2) is 18.0 Å². The van der Waals surface area contributed by atoms with Crippen molar-refractivity contribution in [3.05, 3.63) is 64.4 Å². The highest BCUT2D eigenvalue weighted by Crippen LogP contribution is 2.22. The van der Waals surface area contributed by atoms with Gasteiger partial charge in [-0.2, -0.15) is 0 Å². The Labute approximate surface area is 138 Å². The van der Waals surface area contributed by atoms with Crippen molar-refractivity contribution in [2.75, 3.05) is 5.32 Å². The van der Waals surface area contributed by atoms with Crippen LogP contribution in [0.1, 0.15) is 22.8 Å². The van der Waals surface area contributed by atoms with Gasteiger partial charge < -0.3 is 10.1 Å². The lowest BCUT2D eigenvalue weighted by atomic mass is 10.1. The fourth-order valence-electron chi connectivity index (χ4n) is 1.90. The van der Waals surface area contributed by atoms with Gasteiger partial charge in [-0.05, 0) is 43.7 Å². The quantitative estimate of drug-likeness (QED) is 0.860. The molecule has 1 N–H and O–H groups in total. The van der Waals surface area contributed by atoms with Crippen LogP contribution in [0.5, 0.6) is 0 Å². The van der Waals surface area contributed by atoms with Gasteiger partial charge in [-0.25, -0.2) is 9.18 Å². The van der Waals surface area contributed by atoms with Crippen LogP contribution < -0.4 is 5.32 Å². The number of anilines is 1. The fourth-order valence-corrected chi connectivity index (χ4v) is 2.12. The molecule has 0 aliphatic carbocycles. The summed E-state index contributed by atoms with van der Waals surface area (Å²) >= 11 is 5.84. The second-order valence-corrected chi connectivity index (χ2v) is 5.38. The molecule has 1 atom stereocenters. The first-order chi connectivity index (χ1) is 10.9. The van der Waals surface area contributed by atoms with E-state index in [9.17, 15) is 14.0 Å². The van der Waals surface area contributed by atoms with Crippen LogP contribution in [0.15, 0.2) is 42.5 Å². The zero-order chi connectivity index (χ0) is 17.0. The van der Waals surface area contributed by atoms with E-state index in [2.05, 4.69) is 5.32 Å². The molecule has 6 heteroatoms. The SMILES string of the molecule is Cc1ccccc1C(=O)O[C@@H](C)C(=O)Nc1ccc(F)cc1Cl. The number of benzene rings is 2. The van der Waals surface area contributed by atoms with E-state index in [1.807, 2.05) is 0 Å². The Morgan fingerprint density at radius 1 is 1.22 bits per heavy atom. The fraction of sp³-hybridized carbons (Fsp3) is 0.176. The van der Waals surface area contributed by atoms with Crippen LogP contribution >= 0.6 is 11.6 Å². The smallest absolute Gasteiger partial charge is 0.339 e. The van der Waals surface area contributed by atoms with Gasteiger partial charge in [0.05, 0.1) is 16.3 Å². The van der Waals surface area contributed by atoms with Crippen molar-refractivity contribution in [3.8, 4) is 0 Å². The molecule has 23 heavy (non-hydrogen) atoms. The summed E-state index contributed by atoms with van der Waals surface area (Å²) in [5.41, 5.74) is 1.40. The van der Waals surface area contributed by atoms with Gasteiger partial charge in [0.25, 0.3) is 5.91 Å². The molecule has 0 aliphatic rings. The maximum absolute atomic E-state index is 13.0. The van der Waals surface area contributed by atoms with E-state index in [1.165, 1.54) is 19.1 Å². The van der Waals surface area contributed by atoms with E-state index in [-0.39, 0.29) is 10.7 Å². The molecule has 0 heterocycles. The van der Waals surface area contributed by atoms with E-state index >= 15 is 0 Å². The molecule has 120 valence electrons. The molecule has 0 unspecified atom stereocenters. The molecule has 0 radical (unpaired) electrons. The molecule has 0 aliphatic heterocycles. The Kier molecular flexibility index (Phi) is 5.34. The predicted octanol–water partition coefficient (Wildman–Crippen LogP) is 3.97. The van der Waals surface area contributed by atoms with Crippen LogP contribution in [0.25, 0.3) is 0 Å². The number of carbonyl (C=O) groups is 2. The zero-order valence-corrected chi connectivity index (χ0v) is 13.4. The van der Waals surface area contributed by atoms with Gasteiger partial charge in [-0.1, -0.05) is 29.8 Å². The van der Waals surface area contributed by atoms with Crippen LogP contribution in [0.2, 0.25) is 5.02 Å². The van der Waals surface area contributed by atoms with Gasteiger partial charge in [0.1, 0.15) is 5.82 Å². The molecule has 0 spiro atoms. The van der Waals surface area contributed by atoms with E-state index in [0.29, 0.717) is 5.56 Å². The third-order valence-electron chi connectivity index (χ3n) is 3.21. The van der Waals surface area contributed by atoms with Crippen molar-refractivity contribution >= 4 is 29.2 Å². The van der Waals surface area contributed by atoms with E-state index in [1.54, 1.807) is 31.2 Å². The highest BCUT2D eigenvalue weighted by atomic mass is 35.5. The van der Waals surface area contributed by atoms with Crippen LogP contribution in [-0.2, 0) is 9.53 Å². The number of aryl methyl sites for hydroxylation is 1. The number of hydrogen-bond acceptors (Lipinski definition) is 3. The molecule has 0 saturated carbocycles. The normalized spacial score (nSPS) is 11.7. The molecule has 2 aromatic rings. The number of carbonyl (C=O) groups excluding carboxylic acids is 2. The van der Waals surface area contributed by atoms with Gasteiger partial charge in [-0.15, -0.1) is 0 Å². The van der Waals surface area contributed by atoms with Crippen LogP contribution in [0.3, 0.4) is 0 Å². The van der Waals surface area contributed by atoms with Crippen molar-refractivity contribution in [2.45, 2.75) is 20.0 Å². The van der Waals surface area contributed by atoms with Gasteiger partial charge >= 0.3 is 5.97 Å². The second-order valence-electron chi connectivity index (χ2n) is 4.98.